The van der Waals surface area contributed by atoms with E-state index in [1.54, 1.807) is 28.4 Å². The van der Waals surface area contributed by atoms with Crippen LogP contribution in [-0.2, 0) is 30.2 Å². The number of aryl methyl sites for hydroxylation is 1. The van der Waals surface area contributed by atoms with Crippen molar-refractivity contribution in [3.63, 3.8) is 0 Å². The number of thiophene rings is 1. The quantitative estimate of drug-likeness (QED) is 0.719. The first-order valence-corrected chi connectivity index (χ1v) is 9.13. The summed E-state index contributed by atoms with van der Waals surface area (Å²) in [6, 6.07) is 1.72. The van der Waals surface area contributed by atoms with E-state index in [1.807, 2.05) is 7.05 Å². The highest BCUT2D eigenvalue weighted by Gasteiger charge is 2.16. The summed E-state index contributed by atoms with van der Waals surface area (Å²) in [6.07, 6.45) is 4.49. The zero-order valence-electron chi connectivity index (χ0n) is 12.2. The lowest BCUT2D eigenvalue weighted by atomic mass is 10.4. The first kappa shape index (κ1) is 16.2. The zero-order valence-corrected chi connectivity index (χ0v) is 13.8. The number of hydrogen-bond acceptors (Lipinski definition) is 5. The lowest BCUT2D eigenvalue weighted by Crippen LogP contribution is -2.24. The second-order valence-electron chi connectivity index (χ2n) is 4.70. The van der Waals surface area contributed by atoms with Gasteiger partial charge in [-0.1, -0.05) is 6.92 Å². The molecule has 6 nitrogen and oxygen atoms in total. The summed E-state index contributed by atoms with van der Waals surface area (Å²) in [4.78, 5) is 5.43. The normalized spacial score (nSPS) is 11.9. The van der Waals surface area contributed by atoms with Crippen LogP contribution in [0.4, 0.5) is 0 Å². The topological polar surface area (TPSA) is 76.0 Å². The van der Waals surface area contributed by atoms with Gasteiger partial charge in [-0.05, 0) is 19.0 Å². The smallest absolute Gasteiger partial charge is 0.241 e. The molecule has 2 aromatic heterocycles. The van der Waals surface area contributed by atoms with E-state index in [-0.39, 0.29) is 6.54 Å². The Hall–Kier alpha value is -1.22. The van der Waals surface area contributed by atoms with Gasteiger partial charge in [-0.3, -0.25) is 0 Å². The Morgan fingerprint density at radius 3 is 2.86 bits per heavy atom. The maximum Gasteiger partial charge on any atom is 0.241 e. The van der Waals surface area contributed by atoms with Crippen LogP contribution in [0.2, 0.25) is 0 Å². The van der Waals surface area contributed by atoms with Gasteiger partial charge in [-0.2, -0.15) is 0 Å². The molecule has 0 saturated heterocycles. The van der Waals surface area contributed by atoms with Crippen molar-refractivity contribution in [3.05, 3.63) is 34.5 Å². The van der Waals surface area contributed by atoms with Crippen molar-refractivity contribution in [2.75, 3.05) is 6.54 Å². The molecule has 2 N–H and O–H groups in total. The Morgan fingerprint density at radius 2 is 2.19 bits per heavy atom. The van der Waals surface area contributed by atoms with Gasteiger partial charge in [-0.15, -0.1) is 11.3 Å². The fraction of sp³-hybridized carbons (Fsp3) is 0.462. The second kappa shape index (κ2) is 7.17. The van der Waals surface area contributed by atoms with Gasteiger partial charge in [0.2, 0.25) is 10.0 Å². The van der Waals surface area contributed by atoms with Gasteiger partial charge in [0.15, 0.2) is 0 Å². The molecule has 0 bridgehead atoms. The first-order chi connectivity index (χ1) is 10.0. The molecular formula is C13H20N4O2S2. The Labute approximate surface area is 129 Å². The van der Waals surface area contributed by atoms with Crippen LogP contribution in [0.15, 0.2) is 28.7 Å². The summed E-state index contributed by atoms with van der Waals surface area (Å²) < 4.78 is 28.8. The fourth-order valence-corrected chi connectivity index (χ4v) is 4.02. The third-order valence-electron chi connectivity index (χ3n) is 3.01. The van der Waals surface area contributed by atoms with Crippen molar-refractivity contribution in [2.45, 2.75) is 31.3 Å². The number of nitrogens with one attached hydrogen (secondary N) is 2. The summed E-state index contributed by atoms with van der Waals surface area (Å²) >= 11 is 1.45. The van der Waals surface area contributed by atoms with E-state index in [1.165, 1.54) is 11.3 Å². The highest BCUT2D eigenvalue weighted by molar-refractivity contribution is 7.89. The summed E-state index contributed by atoms with van der Waals surface area (Å²) in [7, 11) is -1.65. The minimum Gasteiger partial charge on any atom is -0.337 e. The molecule has 0 aliphatic carbocycles. The van der Waals surface area contributed by atoms with E-state index < -0.39 is 10.0 Å². The van der Waals surface area contributed by atoms with E-state index in [4.69, 9.17) is 0 Å². The van der Waals surface area contributed by atoms with Crippen molar-refractivity contribution >= 4 is 21.4 Å². The summed E-state index contributed by atoms with van der Waals surface area (Å²) in [5, 5.41) is 4.93. The van der Waals surface area contributed by atoms with Crippen molar-refractivity contribution in [1.29, 1.82) is 0 Å². The average molecular weight is 328 g/mol. The van der Waals surface area contributed by atoms with Crippen molar-refractivity contribution < 1.29 is 8.42 Å². The molecule has 0 fully saturated rings. The maximum absolute atomic E-state index is 12.2. The molecule has 8 heteroatoms. The molecule has 0 unspecified atom stereocenters. The van der Waals surface area contributed by atoms with Gasteiger partial charge >= 0.3 is 0 Å². The zero-order chi connectivity index (χ0) is 15.3. The summed E-state index contributed by atoms with van der Waals surface area (Å²) in [5.41, 5.74) is 0. The van der Waals surface area contributed by atoms with Gasteiger partial charge in [0.05, 0.1) is 11.4 Å². The molecule has 2 rings (SSSR count). The van der Waals surface area contributed by atoms with Gasteiger partial charge in [-0.25, -0.2) is 18.1 Å². The van der Waals surface area contributed by atoms with E-state index in [0.717, 1.165) is 17.8 Å². The van der Waals surface area contributed by atoms with Crippen LogP contribution in [0.5, 0.6) is 0 Å². The minimum absolute atomic E-state index is 0.186. The van der Waals surface area contributed by atoms with Gasteiger partial charge in [0, 0.05) is 36.2 Å². The predicted octanol–water partition coefficient (Wildman–Crippen LogP) is 1.46. The fourth-order valence-electron chi connectivity index (χ4n) is 1.79. The van der Waals surface area contributed by atoms with Crippen molar-refractivity contribution in [2.24, 2.45) is 7.05 Å². The molecule has 0 amide bonds. The Balaban J connectivity index is 1.97. The molecular weight excluding hydrogens is 308 g/mol. The monoisotopic (exact) mass is 328 g/mol. The highest BCUT2D eigenvalue weighted by Crippen LogP contribution is 2.19. The predicted molar refractivity (Wildman–Crippen MR) is 83.6 cm³/mol. The number of aromatic nitrogens is 2. The Morgan fingerprint density at radius 1 is 1.38 bits per heavy atom. The average Bonchev–Trinajstić information content (AvgIpc) is 3.06. The third-order valence-corrected chi connectivity index (χ3v) is 5.47. The van der Waals surface area contributed by atoms with Crippen LogP contribution < -0.4 is 10.0 Å². The molecule has 0 saturated carbocycles. The van der Waals surface area contributed by atoms with E-state index in [0.29, 0.717) is 17.3 Å². The van der Waals surface area contributed by atoms with E-state index >= 15 is 0 Å². The highest BCUT2D eigenvalue weighted by atomic mass is 32.2. The second-order valence-corrected chi connectivity index (χ2v) is 7.47. The number of hydrogen-bond donors (Lipinski definition) is 2. The largest absolute Gasteiger partial charge is 0.337 e. The van der Waals surface area contributed by atoms with Gasteiger partial charge < -0.3 is 9.88 Å². The molecule has 0 aliphatic heterocycles. The van der Waals surface area contributed by atoms with Gasteiger partial charge in [0.25, 0.3) is 0 Å². The first-order valence-electron chi connectivity index (χ1n) is 6.77. The van der Waals surface area contributed by atoms with Crippen LogP contribution in [-0.4, -0.2) is 24.5 Å². The number of rotatable bonds is 8. The molecule has 2 heterocycles. The molecule has 0 aromatic carbocycles. The van der Waals surface area contributed by atoms with Crippen LogP contribution >= 0.6 is 11.3 Å². The number of sulfonamides is 1. The van der Waals surface area contributed by atoms with Crippen molar-refractivity contribution in [3.8, 4) is 0 Å². The molecule has 0 spiro atoms. The van der Waals surface area contributed by atoms with Crippen LogP contribution in [0, 0.1) is 0 Å². The SMILES string of the molecule is CCCNCc1cc(S(=O)(=O)NCc2nccn2C)cs1. The minimum atomic E-state index is -3.48. The Kier molecular flexibility index (Phi) is 5.51. The molecule has 0 aliphatic rings. The molecule has 0 atom stereocenters. The lowest BCUT2D eigenvalue weighted by Gasteiger charge is -2.05. The van der Waals surface area contributed by atoms with Crippen molar-refractivity contribution in [1.82, 2.24) is 19.6 Å². The van der Waals surface area contributed by atoms with E-state index in [9.17, 15) is 8.42 Å². The molecule has 21 heavy (non-hydrogen) atoms. The van der Waals surface area contributed by atoms with Crippen LogP contribution in [0.25, 0.3) is 0 Å². The summed E-state index contributed by atoms with van der Waals surface area (Å²) in [5.74, 6) is 0.679. The maximum atomic E-state index is 12.2. The molecule has 0 radical (unpaired) electrons. The third kappa shape index (κ3) is 4.37. The number of imidazole rings is 1. The molecule has 116 valence electrons. The Bertz CT molecular complexity index is 676. The summed E-state index contributed by atoms with van der Waals surface area (Å²) in [6.45, 7) is 3.91. The standard InChI is InChI=1S/C13H20N4O2S2/c1-3-4-14-8-11-7-12(10-20-11)21(18,19)16-9-13-15-5-6-17(13)2/h5-7,10,14,16H,3-4,8-9H2,1-2H3. The number of nitrogens with zero attached hydrogens (tertiary/aromatic N) is 2. The van der Waals surface area contributed by atoms with Gasteiger partial charge in [0.1, 0.15) is 5.82 Å². The molecule has 2 aromatic rings. The van der Waals surface area contributed by atoms with Crippen LogP contribution in [0.1, 0.15) is 24.0 Å². The van der Waals surface area contributed by atoms with E-state index in [2.05, 4.69) is 21.9 Å². The van der Waals surface area contributed by atoms with Crippen LogP contribution in [0.3, 0.4) is 0 Å². The lowest BCUT2D eigenvalue weighted by molar-refractivity contribution is 0.578.